The summed E-state index contributed by atoms with van der Waals surface area (Å²) in [4.78, 5) is 36.6. The van der Waals surface area contributed by atoms with Gasteiger partial charge in [0.1, 0.15) is 12.7 Å². The smallest absolute Gasteiger partial charge is 0.411 e. The van der Waals surface area contributed by atoms with Crippen molar-refractivity contribution in [1.29, 1.82) is 0 Å². The highest BCUT2D eigenvalue weighted by atomic mass is 16.6. The monoisotopic (exact) mass is 380 g/mol. The Labute approximate surface area is 162 Å². The topological polar surface area (TPSA) is 94.1 Å². The predicted octanol–water partition coefficient (Wildman–Crippen LogP) is 3.91. The zero-order valence-corrected chi connectivity index (χ0v) is 15.4. The summed E-state index contributed by atoms with van der Waals surface area (Å²) < 4.78 is 9.92. The molecule has 0 fully saturated rings. The molecule has 1 amide bonds. The Balaban J connectivity index is 1.83. The van der Waals surface area contributed by atoms with E-state index in [1.165, 1.54) is 6.08 Å². The fourth-order valence-electron chi connectivity index (χ4n) is 2.31. The molecule has 0 radical (unpaired) electrons. The van der Waals surface area contributed by atoms with E-state index in [2.05, 4.69) is 16.9 Å². The molecule has 0 aliphatic heterocycles. The molecule has 7 nitrogen and oxygen atoms in total. The second kappa shape index (κ2) is 10.4. The van der Waals surface area contributed by atoms with Gasteiger partial charge in [0, 0.05) is 11.8 Å². The van der Waals surface area contributed by atoms with Gasteiger partial charge < -0.3 is 9.47 Å². The van der Waals surface area contributed by atoms with Gasteiger partial charge in [0.05, 0.1) is 5.69 Å². The van der Waals surface area contributed by atoms with Crippen LogP contribution in [0, 0.1) is 0 Å². The van der Waals surface area contributed by atoms with Gasteiger partial charge in [0.2, 0.25) is 6.08 Å². The van der Waals surface area contributed by atoms with E-state index in [-0.39, 0.29) is 6.61 Å². The van der Waals surface area contributed by atoms with Gasteiger partial charge in [-0.1, -0.05) is 30.8 Å². The largest absolute Gasteiger partial charge is 0.456 e. The zero-order chi connectivity index (χ0) is 20.4. The van der Waals surface area contributed by atoms with Crippen molar-refractivity contribution >= 4 is 29.5 Å². The number of isocyanates is 1. The Morgan fingerprint density at radius 3 is 2.32 bits per heavy atom. The summed E-state index contributed by atoms with van der Waals surface area (Å²) in [5, 5.41) is 2.61. The van der Waals surface area contributed by atoms with Crippen LogP contribution in [0.1, 0.15) is 18.1 Å². The van der Waals surface area contributed by atoms with Crippen molar-refractivity contribution in [3.63, 3.8) is 0 Å². The van der Waals surface area contributed by atoms with E-state index in [1.54, 1.807) is 31.2 Å². The molecule has 7 heteroatoms. The Morgan fingerprint density at radius 2 is 1.75 bits per heavy atom. The van der Waals surface area contributed by atoms with Crippen molar-refractivity contribution < 1.29 is 23.9 Å². The third-order valence-electron chi connectivity index (χ3n) is 3.65. The number of hydrogen-bond acceptors (Lipinski definition) is 6. The minimum Gasteiger partial charge on any atom is -0.456 e. The van der Waals surface area contributed by atoms with Gasteiger partial charge >= 0.3 is 12.1 Å². The molecule has 144 valence electrons. The highest BCUT2D eigenvalue weighted by Crippen LogP contribution is 2.17. The number of nitrogens with one attached hydrogen (secondary N) is 1. The Kier molecular flexibility index (Phi) is 7.69. The van der Waals surface area contributed by atoms with E-state index in [0.717, 1.165) is 17.2 Å². The van der Waals surface area contributed by atoms with Gasteiger partial charge in [-0.3, -0.25) is 5.32 Å². The number of hydrogen-bond donors (Lipinski definition) is 1. The van der Waals surface area contributed by atoms with Crippen LogP contribution in [0.3, 0.4) is 0 Å². The van der Waals surface area contributed by atoms with Gasteiger partial charge in [-0.05, 0) is 48.7 Å². The maximum absolute atomic E-state index is 11.8. The van der Waals surface area contributed by atoms with Crippen molar-refractivity contribution in [1.82, 2.24) is 0 Å². The van der Waals surface area contributed by atoms with Crippen molar-refractivity contribution in [3.8, 4) is 0 Å². The number of benzene rings is 2. The van der Waals surface area contributed by atoms with Crippen molar-refractivity contribution in [2.24, 2.45) is 4.99 Å². The number of rotatable bonds is 8. The van der Waals surface area contributed by atoms with Crippen LogP contribution in [0.25, 0.3) is 0 Å². The second-order valence-electron chi connectivity index (χ2n) is 5.92. The summed E-state index contributed by atoms with van der Waals surface area (Å²) in [5.41, 5.74) is 3.26. The Hall–Kier alpha value is -3.70. The maximum atomic E-state index is 11.8. The molecule has 0 bridgehead atoms. The van der Waals surface area contributed by atoms with Gasteiger partial charge in [-0.15, -0.1) is 0 Å². The van der Waals surface area contributed by atoms with Crippen LogP contribution in [0.2, 0.25) is 0 Å². The van der Waals surface area contributed by atoms with Crippen molar-refractivity contribution in [3.05, 3.63) is 72.3 Å². The number of amides is 1. The molecule has 2 aromatic carbocycles. The average molecular weight is 380 g/mol. The third-order valence-corrected chi connectivity index (χ3v) is 3.65. The molecule has 0 aromatic heterocycles. The van der Waals surface area contributed by atoms with Crippen LogP contribution in [-0.2, 0) is 25.5 Å². The summed E-state index contributed by atoms with van der Waals surface area (Å²) in [6.07, 6.45) is 2.04. The number of esters is 1. The van der Waals surface area contributed by atoms with Gasteiger partial charge in [-0.25, -0.2) is 14.4 Å². The normalized spacial score (nSPS) is 10.9. The molecule has 0 aliphatic rings. The summed E-state index contributed by atoms with van der Waals surface area (Å²) in [7, 11) is 0. The maximum Gasteiger partial charge on any atom is 0.411 e. The van der Waals surface area contributed by atoms with E-state index in [1.807, 2.05) is 24.3 Å². The number of aliphatic imine (C=N–C) groups is 1. The summed E-state index contributed by atoms with van der Waals surface area (Å²) in [6, 6.07) is 14.6. The molecule has 28 heavy (non-hydrogen) atoms. The number of nitrogens with zero attached hydrogens (tertiary/aromatic N) is 1. The van der Waals surface area contributed by atoms with E-state index < -0.39 is 18.2 Å². The minimum atomic E-state index is -0.638. The first-order valence-corrected chi connectivity index (χ1v) is 8.52. The molecule has 0 saturated heterocycles. The zero-order valence-electron chi connectivity index (χ0n) is 15.4. The average Bonchev–Trinajstić information content (AvgIpc) is 2.69. The molecule has 2 rings (SSSR count). The van der Waals surface area contributed by atoms with E-state index in [4.69, 9.17) is 9.47 Å². The highest BCUT2D eigenvalue weighted by molar-refractivity contribution is 5.84. The third kappa shape index (κ3) is 6.90. The summed E-state index contributed by atoms with van der Waals surface area (Å²) in [6.45, 7) is 4.85. The molecule has 0 aliphatic carbocycles. The summed E-state index contributed by atoms with van der Waals surface area (Å²) in [5.74, 6) is -0.571. The standard InChI is InChI=1S/C21H20N2O5/c1-3-20(25)28-15(2)13-27-21(26)23-19-10-6-17(7-11-19)12-16-4-8-18(9-5-16)22-14-24/h3-11,15H,1,12-13H2,2H3,(H,23,26). The fourth-order valence-corrected chi connectivity index (χ4v) is 2.31. The van der Waals surface area contributed by atoms with Gasteiger partial charge in [-0.2, -0.15) is 4.99 Å². The first-order chi connectivity index (χ1) is 13.5. The van der Waals surface area contributed by atoms with E-state index in [9.17, 15) is 14.4 Å². The molecule has 2 aromatic rings. The Morgan fingerprint density at radius 1 is 1.14 bits per heavy atom. The van der Waals surface area contributed by atoms with Crippen LogP contribution in [0.15, 0.2) is 66.2 Å². The van der Waals surface area contributed by atoms with Gasteiger partial charge in [0.15, 0.2) is 0 Å². The first kappa shape index (κ1) is 20.6. The summed E-state index contributed by atoms with van der Waals surface area (Å²) >= 11 is 0. The lowest BCUT2D eigenvalue weighted by Gasteiger charge is -2.13. The van der Waals surface area contributed by atoms with E-state index in [0.29, 0.717) is 17.8 Å². The molecule has 1 N–H and O–H groups in total. The van der Waals surface area contributed by atoms with Gasteiger partial charge in [0.25, 0.3) is 0 Å². The van der Waals surface area contributed by atoms with Crippen LogP contribution in [0.4, 0.5) is 16.2 Å². The first-order valence-electron chi connectivity index (χ1n) is 8.52. The SMILES string of the molecule is C=CC(=O)OC(C)COC(=O)Nc1ccc(Cc2ccc(N=C=O)cc2)cc1. The van der Waals surface area contributed by atoms with Crippen LogP contribution < -0.4 is 5.32 Å². The second-order valence-corrected chi connectivity index (χ2v) is 5.92. The number of ether oxygens (including phenoxy) is 2. The molecule has 0 saturated carbocycles. The highest BCUT2D eigenvalue weighted by Gasteiger charge is 2.10. The lowest BCUT2D eigenvalue weighted by molar-refractivity contribution is -0.143. The predicted molar refractivity (Wildman–Crippen MR) is 104 cm³/mol. The van der Waals surface area contributed by atoms with E-state index >= 15 is 0 Å². The minimum absolute atomic E-state index is 0.0619. The van der Waals surface area contributed by atoms with Crippen LogP contribution in [0.5, 0.6) is 0 Å². The molecule has 0 heterocycles. The van der Waals surface area contributed by atoms with Crippen LogP contribution >= 0.6 is 0 Å². The van der Waals surface area contributed by atoms with Crippen molar-refractivity contribution in [2.45, 2.75) is 19.4 Å². The van der Waals surface area contributed by atoms with Crippen molar-refractivity contribution in [2.75, 3.05) is 11.9 Å². The lowest BCUT2D eigenvalue weighted by Crippen LogP contribution is -2.23. The number of carbonyl (C=O) groups is 2. The number of anilines is 1. The number of carbonyl (C=O) groups excluding carboxylic acids is 3. The molecule has 1 unspecified atom stereocenters. The molecule has 0 spiro atoms. The molecule has 1 atom stereocenters. The Bertz CT molecular complexity index is 869. The quantitative estimate of drug-likeness (QED) is 0.324. The molecular formula is C21H20N2O5. The van der Waals surface area contributed by atoms with Crippen LogP contribution in [-0.4, -0.2) is 30.9 Å². The molecular weight excluding hydrogens is 360 g/mol. The fraction of sp³-hybridized carbons (Fsp3) is 0.190. The lowest BCUT2D eigenvalue weighted by atomic mass is 10.0.